The van der Waals surface area contributed by atoms with E-state index in [1.165, 1.54) is 12.7 Å². The molecular formula is C50H44N12O4. The van der Waals surface area contributed by atoms with Gasteiger partial charge in [-0.15, -0.1) is 6.42 Å². The number of aromatic nitrogens is 8. The van der Waals surface area contributed by atoms with E-state index in [4.69, 9.17) is 37.6 Å². The van der Waals surface area contributed by atoms with Crippen molar-refractivity contribution in [1.29, 1.82) is 0 Å². The van der Waals surface area contributed by atoms with Gasteiger partial charge in [-0.05, 0) is 104 Å². The zero-order chi connectivity index (χ0) is 45.1. The van der Waals surface area contributed by atoms with Crippen molar-refractivity contribution in [1.82, 2.24) is 49.3 Å². The summed E-state index contributed by atoms with van der Waals surface area (Å²) in [5.41, 5.74) is 17.9. The average Bonchev–Trinajstić information content (AvgIpc) is 3.96. The number of carbonyl (C=O) groups excluding carboxylic acids is 2. The molecule has 0 bridgehead atoms. The van der Waals surface area contributed by atoms with Crippen LogP contribution >= 0.6 is 0 Å². The van der Waals surface area contributed by atoms with Crippen LogP contribution in [0.3, 0.4) is 0 Å². The number of likely N-dealkylation sites (tertiary alicyclic amines) is 2. The molecule has 4 aromatic heterocycles. The van der Waals surface area contributed by atoms with Crippen LogP contribution in [0.4, 0.5) is 11.6 Å². The molecule has 0 atom stereocenters. The molecule has 16 nitrogen and oxygen atoms in total. The largest absolute Gasteiger partial charge is 0.457 e. The predicted octanol–water partition coefficient (Wildman–Crippen LogP) is 7.72. The van der Waals surface area contributed by atoms with Crippen molar-refractivity contribution in [2.75, 3.05) is 37.6 Å². The fourth-order valence-corrected chi connectivity index (χ4v) is 8.73. The van der Waals surface area contributed by atoms with Crippen LogP contribution in [0.1, 0.15) is 43.3 Å². The van der Waals surface area contributed by atoms with Gasteiger partial charge in [0.25, 0.3) is 5.91 Å². The predicted molar refractivity (Wildman–Crippen MR) is 251 cm³/mol. The zero-order valence-electron chi connectivity index (χ0n) is 35.8. The Morgan fingerprint density at radius 2 is 1.09 bits per heavy atom. The fraction of sp³-hybridized carbons (Fsp3) is 0.200. The number of rotatable bonds is 10. The minimum absolute atomic E-state index is 0.000799. The molecule has 2 aliphatic heterocycles. The molecule has 2 fully saturated rings. The molecule has 4 aromatic carbocycles. The van der Waals surface area contributed by atoms with Gasteiger partial charge in [0.1, 0.15) is 58.7 Å². The lowest BCUT2D eigenvalue weighted by atomic mass is 10.0. The van der Waals surface area contributed by atoms with Gasteiger partial charge in [-0.3, -0.25) is 9.59 Å². The number of fused-ring (bicyclic) bond motifs is 2. The van der Waals surface area contributed by atoms with Crippen molar-refractivity contribution < 1.29 is 19.1 Å². The number of ether oxygens (including phenoxy) is 2. The summed E-state index contributed by atoms with van der Waals surface area (Å²) in [4.78, 5) is 46.9. The number of amides is 2. The summed E-state index contributed by atoms with van der Waals surface area (Å²) in [6.45, 7) is 2.14. The molecule has 0 radical (unpaired) electrons. The van der Waals surface area contributed by atoms with E-state index in [9.17, 15) is 9.59 Å². The maximum absolute atomic E-state index is 13.6. The van der Waals surface area contributed by atoms with Crippen LogP contribution in [-0.2, 0) is 9.59 Å². The third kappa shape index (κ3) is 8.21. The number of nitrogen functional groups attached to an aromatic ring is 2. The Bertz CT molecular complexity index is 3140. The molecule has 4 N–H and O–H groups in total. The number of carbonyl (C=O) groups is 2. The number of para-hydroxylation sites is 2. The van der Waals surface area contributed by atoms with Gasteiger partial charge in [-0.2, -0.15) is 10.2 Å². The number of hydrogen-bond acceptors (Lipinski definition) is 12. The standard InChI is InChI=1S/C50H44N12O4/c1-2-41(63)59-26-22-35(23-27-59)61-49-44(48(52)54-30-55-49)46(58-61)34-14-19-39(20-15-34)66-40-11-7-6-8-32(40)16-21-42(64)60-28-24-36(25-29-60)62-50-43(47(51)53-31-56-50)45(57-62)33-12-17-38(18-13-33)65-37-9-4-3-5-10-37/h1,3-21,30-31,35-36H,22-29H2,(H2,51,53,56)(H2,52,54,55)/b21-16-. The number of terminal acetylenes is 1. The SMILES string of the molecule is C#CC(=O)N1CCC(n2nc(-c3ccc(Oc4ccccc4/C=C\C(=O)N4CCC(n5nc(-c6ccc(Oc7ccccc7)cc6)c6c(N)ncnc65)CC4)cc3)c3c(N)ncnc32)CC1. The first kappa shape index (κ1) is 41.4. The maximum atomic E-state index is 13.6. The van der Waals surface area contributed by atoms with Gasteiger partial charge in [0.05, 0.1) is 22.9 Å². The highest BCUT2D eigenvalue weighted by Gasteiger charge is 2.29. The third-order valence-corrected chi connectivity index (χ3v) is 12.2. The monoisotopic (exact) mass is 876 g/mol. The number of piperidine rings is 2. The molecule has 2 amide bonds. The Hall–Kier alpha value is -8.58. The van der Waals surface area contributed by atoms with Crippen LogP contribution in [0.5, 0.6) is 23.0 Å². The second-order valence-corrected chi connectivity index (χ2v) is 16.2. The van der Waals surface area contributed by atoms with Gasteiger partial charge in [0.15, 0.2) is 11.3 Å². The van der Waals surface area contributed by atoms with Crippen LogP contribution < -0.4 is 20.9 Å². The van der Waals surface area contributed by atoms with Gasteiger partial charge >= 0.3 is 0 Å². The van der Waals surface area contributed by atoms with E-state index in [1.807, 2.05) is 117 Å². The van der Waals surface area contributed by atoms with Crippen molar-refractivity contribution in [3.63, 3.8) is 0 Å². The molecule has 0 saturated carbocycles. The lowest BCUT2D eigenvalue weighted by molar-refractivity contribution is -0.127. The first-order valence-corrected chi connectivity index (χ1v) is 21.7. The minimum atomic E-state index is -0.305. The molecule has 0 aliphatic carbocycles. The maximum Gasteiger partial charge on any atom is 0.298 e. The highest BCUT2D eigenvalue weighted by atomic mass is 16.5. The van der Waals surface area contributed by atoms with E-state index in [0.717, 1.165) is 22.4 Å². The van der Waals surface area contributed by atoms with E-state index in [2.05, 4.69) is 25.9 Å². The van der Waals surface area contributed by atoms with Gasteiger partial charge in [0.2, 0.25) is 5.91 Å². The smallest absolute Gasteiger partial charge is 0.298 e. The van der Waals surface area contributed by atoms with Crippen molar-refractivity contribution in [2.24, 2.45) is 0 Å². The Kier molecular flexibility index (Phi) is 11.2. The lowest BCUT2D eigenvalue weighted by Gasteiger charge is -2.31. The van der Waals surface area contributed by atoms with Crippen molar-refractivity contribution in [2.45, 2.75) is 37.8 Å². The summed E-state index contributed by atoms with van der Waals surface area (Å²) in [5, 5.41) is 11.4. The van der Waals surface area contributed by atoms with Crippen LogP contribution in [0.15, 0.2) is 122 Å². The van der Waals surface area contributed by atoms with Gasteiger partial charge in [-0.1, -0.05) is 36.4 Å². The highest BCUT2D eigenvalue weighted by Crippen LogP contribution is 2.38. The fourth-order valence-electron chi connectivity index (χ4n) is 8.73. The summed E-state index contributed by atoms with van der Waals surface area (Å²) < 4.78 is 16.2. The molecule has 2 saturated heterocycles. The molecule has 6 heterocycles. The molecular weight excluding hydrogens is 833 g/mol. The van der Waals surface area contributed by atoms with E-state index >= 15 is 0 Å². The minimum Gasteiger partial charge on any atom is -0.457 e. The second kappa shape index (κ2) is 17.9. The van der Waals surface area contributed by atoms with Crippen molar-refractivity contribution in [3.8, 4) is 57.9 Å². The van der Waals surface area contributed by atoms with Crippen LogP contribution in [-0.4, -0.2) is 87.3 Å². The molecule has 2 aliphatic rings. The summed E-state index contributed by atoms with van der Waals surface area (Å²) in [6, 6.07) is 32.5. The third-order valence-electron chi connectivity index (χ3n) is 12.2. The normalized spacial score (nSPS) is 14.8. The van der Waals surface area contributed by atoms with Crippen LogP contribution in [0.2, 0.25) is 0 Å². The summed E-state index contributed by atoms with van der Waals surface area (Å²) in [7, 11) is 0. The molecule has 10 rings (SSSR count). The van der Waals surface area contributed by atoms with Crippen molar-refractivity contribution in [3.05, 3.63) is 127 Å². The second-order valence-electron chi connectivity index (χ2n) is 16.2. The number of benzene rings is 4. The van der Waals surface area contributed by atoms with Crippen molar-refractivity contribution >= 4 is 51.6 Å². The molecule has 66 heavy (non-hydrogen) atoms. The molecule has 0 unspecified atom stereocenters. The number of anilines is 2. The summed E-state index contributed by atoms with van der Waals surface area (Å²) in [6.07, 6.45) is 14.4. The summed E-state index contributed by atoms with van der Waals surface area (Å²) >= 11 is 0. The quantitative estimate of drug-likeness (QED) is 0.100. The van der Waals surface area contributed by atoms with Crippen LogP contribution in [0.25, 0.3) is 50.7 Å². The Morgan fingerprint density at radius 3 is 1.64 bits per heavy atom. The van der Waals surface area contributed by atoms with Gasteiger partial charge in [-0.25, -0.2) is 29.3 Å². The highest BCUT2D eigenvalue weighted by molar-refractivity contribution is 5.99. The van der Waals surface area contributed by atoms with E-state index in [0.29, 0.717) is 114 Å². The Morgan fingerprint density at radius 1 is 0.606 bits per heavy atom. The average molecular weight is 877 g/mol. The number of nitrogens with two attached hydrogens (primary N) is 2. The molecule has 328 valence electrons. The molecule has 0 spiro atoms. The summed E-state index contributed by atoms with van der Waals surface area (Å²) in [5.74, 6) is 5.14. The Balaban J connectivity index is 0.797. The van der Waals surface area contributed by atoms with E-state index in [1.54, 1.807) is 17.1 Å². The first-order chi connectivity index (χ1) is 32.3. The van der Waals surface area contributed by atoms with Gasteiger partial charge < -0.3 is 30.7 Å². The topological polar surface area (TPSA) is 198 Å². The van der Waals surface area contributed by atoms with E-state index in [-0.39, 0.29) is 23.9 Å². The zero-order valence-corrected chi connectivity index (χ0v) is 35.8. The number of hydrogen-bond donors (Lipinski definition) is 2. The Labute approximate surface area is 379 Å². The molecule has 8 aromatic rings. The first-order valence-electron chi connectivity index (χ1n) is 21.7. The van der Waals surface area contributed by atoms with Crippen LogP contribution in [0, 0.1) is 12.3 Å². The van der Waals surface area contributed by atoms with E-state index < -0.39 is 0 Å². The lowest BCUT2D eigenvalue weighted by Crippen LogP contribution is -2.38. The number of nitrogens with zero attached hydrogens (tertiary/aromatic N) is 10. The van der Waals surface area contributed by atoms with Gasteiger partial charge in [0, 0.05) is 48.9 Å². The molecule has 16 heteroatoms.